The molecule has 104 valence electrons. The van der Waals surface area contributed by atoms with Crippen molar-refractivity contribution in [2.45, 2.75) is 19.8 Å². The van der Waals surface area contributed by atoms with Crippen molar-refractivity contribution in [1.29, 1.82) is 0 Å². The van der Waals surface area contributed by atoms with Gasteiger partial charge in [-0.3, -0.25) is 4.79 Å². The van der Waals surface area contributed by atoms with Crippen molar-refractivity contribution in [2.75, 3.05) is 33.4 Å². The van der Waals surface area contributed by atoms with Gasteiger partial charge in [0, 0.05) is 20.2 Å². The number of nitrogens with zero attached hydrogens (tertiary/aromatic N) is 1. The number of nitrogens with two attached hydrogens (primary N) is 1. The van der Waals surface area contributed by atoms with E-state index in [1.807, 2.05) is 0 Å². The molecule has 3 N–H and O–H groups in total. The Kier molecular flexibility index (Phi) is 5.49. The number of thiocarbonyl (C=S) groups is 1. The van der Waals surface area contributed by atoms with Gasteiger partial charge in [-0.25, -0.2) is 0 Å². The molecule has 1 rings (SSSR count). The number of aliphatic hydroxyl groups is 1. The van der Waals surface area contributed by atoms with Crippen LogP contribution in [0.3, 0.4) is 0 Å². The molecule has 0 spiro atoms. The van der Waals surface area contributed by atoms with Crippen LogP contribution in [0, 0.1) is 11.3 Å². The molecule has 1 fully saturated rings. The fourth-order valence-corrected chi connectivity index (χ4v) is 2.80. The lowest BCUT2D eigenvalue weighted by Gasteiger charge is -2.46. The number of carbonyl (C=O) groups is 1. The second kappa shape index (κ2) is 6.45. The second-order valence-electron chi connectivity index (χ2n) is 4.97. The van der Waals surface area contributed by atoms with Crippen molar-refractivity contribution < 1.29 is 14.6 Å². The molecule has 0 radical (unpaired) electrons. The summed E-state index contributed by atoms with van der Waals surface area (Å²) in [6, 6.07) is 0. The number of amides is 1. The molecule has 0 aromatic carbocycles. The van der Waals surface area contributed by atoms with Crippen LogP contribution in [0.4, 0.5) is 0 Å². The number of methoxy groups -OCH3 is 1. The molecule has 1 amide bonds. The van der Waals surface area contributed by atoms with Gasteiger partial charge < -0.3 is 20.5 Å². The number of ether oxygens (including phenoxy) is 1. The first-order valence-electron chi connectivity index (χ1n) is 6.17. The minimum atomic E-state index is -0.697. The first-order chi connectivity index (χ1) is 8.47. The highest BCUT2D eigenvalue weighted by molar-refractivity contribution is 7.80. The average molecular weight is 274 g/mol. The van der Waals surface area contributed by atoms with Crippen LogP contribution in [0.15, 0.2) is 0 Å². The van der Waals surface area contributed by atoms with Crippen LogP contribution < -0.4 is 5.73 Å². The van der Waals surface area contributed by atoms with Crippen molar-refractivity contribution in [3.05, 3.63) is 0 Å². The fraction of sp³-hybridized carbons (Fsp3) is 0.833. The fourth-order valence-electron chi connectivity index (χ4n) is 2.55. The summed E-state index contributed by atoms with van der Waals surface area (Å²) in [6.45, 7) is 3.19. The average Bonchev–Trinajstić information content (AvgIpc) is 2.28. The summed E-state index contributed by atoms with van der Waals surface area (Å²) in [5, 5.41) is 9.03. The highest BCUT2D eigenvalue weighted by atomic mass is 32.1. The molecule has 1 aliphatic rings. The first kappa shape index (κ1) is 15.3. The number of hydrogen-bond acceptors (Lipinski definition) is 4. The normalized spacial score (nSPS) is 26.5. The molecule has 6 heteroatoms. The third-order valence-electron chi connectivity index (χ3n) is 3.50. The van der Waals surface area contributed by atoms with Crippen LogP contribution in [0.5, 0.6) is 0 Å². The second-order valence-corrected chi connectivity index (χ2v) is 5.41. The minimum absolute atomic E-state index is 0.0702. The molecule has 0 aromatic rings. The van der Waals surface area contributed by atoms with Crippen LogP contribution in [0.1, 0.15) is 19.8 Å². The van der Waals surface area contributed by atoms with Crippen LogP contribution in [-0.2, 0) is 9.53 Å². The van der Waals surface area contributed by atoms with Gasteiger partial charge in [-0.05, 0) is 18.8 Å². The van der Waals surface area contributed by atoms with Crippen LogP contribution in [0.2, 0.25) is 0 Å². The van der Waals surface area contributed by atoms with Gasteiger partial charge in [0.05, 0.1) is 23.6 Å². The highest BCUT2D eigenvalue weighted by Crippen LogP contribution is 2.47. The zero-order valence-electron chi connectivity index (χ0n) is 11.0. The van der Waals surface area contributed by atoms with Crippen LogP contribution in [-0.4, -0.2) is 54.3 Å². The van der Waals surface area contributed by atoms with Gasteiger partial charge in [-0.1, -0.05) is 19.1 Å². The summed E-state index contributed by atoms with van der Waals surface area (Å²) in [7, 11) is 1.58. The Bertz CT molecular complexity index is 316. The zero-order valence-corrected chi connectivity index (χ0v) is 11.8. The maximum Gasteiger partial charge on any atom is 0.235 e. The monoisotopic (exact) mass is 274 g/mol. The molecule has 0 unspecified atom stereocenters. The predicted molar refractivity (Wildman–Crippen MR) is 73.2 cm³/mol. The Morgan fingerprint density at radius 1 is 1.56 bits per heavy atom. The molecule has 0 saturated heterocycles. The highest BCUT2D eigenvalue weighted by Gasteiger charge is 2.52. The Balaban J connectivity index is 2.76. The maximum absolute atomic E-state index is 12.5. The predicted octanol–water partition coefficient (Wildman–Crippen LogP) is 0.156. The van der Waals surface area contributed by atoms with Crippen molar-refractivity contribution in [2.24, 2.45) is 17.1 Å². The lowest BCUT2D eigenvalue weighted by atomic mass is 9.61. The Labute approximate surface area is 113 Å². The lowest BCUT2D eigenvalue weighted by molar-refractivity contribution is -0.145. The molecule has 0 aliphatic heterocycles. The zero-order chi connectivity index (χ0) is 13.8. The van der Waals surface area contributed by atoms with Gasteiger partial charge in [0.25, 0.3) is 0 Å². The van der Waals surface area contributed by atoms with Crippen molar-refractivity contribution in [1.82, 2.24) is 4.90 Å². The molecular weight excluding hydrogens is 252 g/mol. The van der Waals surface area contributed by atoms with E-state index >= 15 is 0 Å². The third-order valence-corrected chi connectivity index (χ3v) is 3.89. The molecule has 1 aliphatic carbocycles. The smallest absolute Gasteiger partial charge is 0.235 e. The molecule has 18 heavy (non-hydrogen) atoms. The van der Waals surface area contributed by atoms with E-state index < -0.39 is 5.41 Å². The van der Waals surface area contributed by atoms with Gasteiger partial charge in [0.2, 0.25) is 5.91 Å². The van der Waals surface area contributed by atoms with E-state index in [0.29, 0.717) is 38.5 Å². The van der Waals surface area contributed by atoms with E-state index in [4.69, 9.17) is 27.8 Å². The van der Waals surface area contributed by atoms with Gasteiger partial charge >= 0.3 is 0 Å². The quantitative estimate of drug-likeness (QED) is 0.647. The Morgan fingerprint density at radius 2 is 2.17 bits per heavy atom. The SMILES string of the molecule is COCCN(CCO)C(=O)C1(C(N)=S)CC(C)C1. The molecule has 0 aromatic heterocycles. The summed E-state index contributed by atoms with van der Waals surface area (Å²) in [5.41, 5.74) is 5.05. The molecule has 5 nitrogen and oxygen atoms in total. The van der Waals surface area contributed by atoms with Gasteiger partial charge in [0.15, 0.2) is 0 Å². The maximum atomic E-state index is 12.5. The lowest BCUT2D eigenvalue weighted by Crippen LogP contribution is -2.57. The largest absolute Gasteiger partial charge is 0.395 e. The molecule has 0 atom stereocenters. The number of hydrogen-bond donors (Lipinski definition) is 2. The van der Waals surface area contributed by atoms with E-state index in [9.17, 15) is 4.79 Å². The van der Waals surface area contributed by atoms with Gasteiger partial charge in [0.1, 0.15) is 0 Å². The molecule has 1 saturated carbocycles. The van der Waals surface area contributed by atoms with E-state index in [-0.39, 0.29) is 17.5 Å². The number of rotatable bonds is 7. The molecule has 0 heterocycles. The number of aliphatic hydroxyl groups excluding tert-OH is 1. The third kappa shape index (κ3) is 2.99. The molecule has 0 bridgehead atoms. The van der Waals surface area contributed by atoms with E-state index in [1.165, 1.54) is 0 Å². The van der Waals surface area contributed by atoms with Crippen LogP contribution >= 0.6 is 12.2 Å². The summed E-state index contributed by atoms with van der Waals surface area (Å²) in [5.74, 6) is 0.396. The summed E-state index contributed by atoms with van der Waals surface area (Å²) in [4.78, 5) is 14.4. The first-order valence-corrected chi connectivity index (χ1v) is 6.58. The minimum Gasteiger partial charge on any atom is -0.395 e. The summed E-state index contributed by atoms with van der Waals surface area (Å²) >= 11 is 5.06. The number of carbonyl (C=O) groups excluding carboxylic acids is 1. The van der Waals surface area contributed by atoms with Gasteiger partial charge in [-0.2, -0.15) is 0 Å². The van der Waals surface area contributed by atoms with E-state index in [1.54, 1.807) is 12.0 Å². The summed E-state index contributed by atoms with van der Waals surface area (Å²) < 4.78 is 4.98. The Morgan fingerprint density at radius 3 is 2.56 bits per heavy atom. The topological polar surface area (TPSA) is 75.8 Å². The van der Waals surface area contributed by atoms with Crippen molar-refractivity contribution in [3.8, 4) is 0 Å². The standard InChI is InChI=1S/C12H22N2O3S/c1-9-7-12(8-9,10(13)18)11(16)14(3-5-15)4-6-17-2/h9,15H,3-8H2,1-2H3,(H2,13,18). The summed E-state index contributed by atoms with van der Waals surface area (Å²) in [6.07, 6.45) is 1.41. The molecular formula is C12H22N2O3S. The van der Waals surface area contributed by atoms with E-state index in [0.717, 1.165) is 0 Å². The van der Waals surface area contributed by atoms with Crippen molar-refractivity contribution in [3.63, 3.8) is 0 Å². The van der Waals surface area contributed by atoms with E-state index in [2.05, 4.69) is 6.92 Å². The van der Waals surface area contributed by atoms with Crippen LogP contribution in [0.25, 0.3) is 0 Å². The van der Waals surface area contributed by atoms with Gasteiger partial charge in [-0.15, -0.1) is 0 Å². The Hall–Kier alpha value is -0.720. The van der Waals surface area contributed by atoms with Crippen molar-refractivity contribution >= 4 is 23.1 Å².